The van der Waals surface area contributed by atoms with E-state index < -0.39 is 0 Å². The maximum atomic E-state index is 10.8. The lowest BCUT2D eigenvalue weighted by atomic mass is 10.1. The molecule has 0 aliphatic rings. The van der Waals surface area contributed by atoms with Gasteiger partial charge >= 0.3 is 0 Å². The maximum Gasteiger partial charge on any atom is 0.194 e. The number of hydrogen-bond donors (Lipinski definition) is 0. The Balaban J connectivity index is 1.95. The second kappa shape index (κ2) is 4.55. The molecular weight excluding hydrogens is 268 g/mol. The van der Waals surface area contributed by atoms with E-state index in [9.17, 15) is 4.79 Å². The van der Waals surface area contributed by atoms with E-state index in [-0.39, 0.29) is 0 Å². The van der Waals surface area contributed by atoms with Crippen molar-refractivity contribution in [3.63, 3.8) is 0 Å². The van der Waals surface area contributed by atoms with Crippen molar-refractivity contribution in [2.24, 2.45) is 0 Å². The summed E-state index contributed by atoms with van der Waals surface area (Å²) in [6.45, 7) is 0. The van der Waals surface area contributed by atoms with Gasteiger partial charge in [0.15, 0.2) is 11.2 Å². The van der Waals surface area contributed by atoms with Crippen molar-refractivity contribution in [3.8, 4) is 0 Å². The summed E-state index contributed by atoms with van der Waals surface area (Å²) < 4.78 is 1.82. The van der Waals surface area contributed by atoms with Crippen molar-refractivity contribution in [2.45, 2.75) is 6.42 Å². The molecule has 5 heteroatoms. The molecule has 0 spiro atoms. The summed E-state index contributed by atoms with van der Waals surface area (Å²) in [6, 6.07) is 7.78. The Labute approximate surface area is 113 Å². The summed E-state index contributed by atoms with van der Waals surface area (Å²) >= 11 is 7.54. The monoisotopic (exact) mass is 276 g/mol. The van der Waals surface area contributed by atoms with Gasteiger partial charge in [-0.25, -0.2) is 4.98 Å². The van der Waals surface area contributed by atoms with E-state index in [1.165, 1.54) is 0 Å². The second-order valence-electron chi connectivity index (χ2n) is 3.96. The van der Waals surface area contributed by atoms with Crippen LogP contribution in [0.4, 0.5) is 0 Å². The van der Waals surface area contributed by atoms with Gasteiger partial charge < -0.3 is 0 Å². The molecule has 0 amide bonds. The van der Waals surface area contributed by atoms with Crippen LogP contribution in [0.2, 0.25) is 5.02 Å². The van der Waals surface area contributed by atoms with E-state index in [0.29, 0.717) is 5.69 Å². The first-order chi connectivity index (χ1) is 8.76. The summed E-state index contributed by atoms with van der Waals surface area (Å²) in [5, 5.41) is 0.738. The highest BCUT2D eigenvalue weighted by atomic mass is 35.5. The van der Waals surface area contributed by atoms with Gasteiger partial charge in [0.2, 0.25) is 0 Å². The third-order valence-electron chi connectivity index (χ3n) is 2.68. The number of rotatable bonds is 3. The molecule has 0 aliphatic heterocycles. The fraction of sp³-hybridized carbons (Fsp3) is 0.0769. The van der Waals surface area contributed by atoms with Crippen LogP contribution in [0.3, 0.4) is 0 Å². The highest BCUT2D eigenvalue weighted by Crippen LogP contribution is 2.22. The molecule has 2 heterocycles. The molecule has 0 radical (unpaired) electrons. The van der Waals surface area contributed by atoms with Gasteiger partial charge in [-0.2, -0.15) is 0 Å². The molecule has 1 aromatic carbocycles. The number of thiazole rings is 1. The summed E-state index contributed by atoms with van der Waals surface area (Å²) in [7, 11) is 0. The first-order valence-electron chi connectivity index (χ1n) is 5.41. The number of aldehydes is 1. The number of fused-ring (bicyclic) bond motifs is 1. The van der Waals surface area contributed by atoms with Gasteiger partial charge in [-0.05, 0) is 17.7 Å². The van der Waals surface area contributed by atoms with Crippen molar-refractivity contribution in [2.75, 3.05) is 0 Å². The molecule has 3 nitrogen and oxygen atoms in total. The minimum Gasteiger partial charge on any atom is -0.296 e. The van der Waals surface area contributed by atoms with Crippen LogP contribution in [0.15, 0.2) is 36.7 Å². The predicted molar refractivity (Wildman–Crippen MR) is 72.7 cm³/mol. The third-order valence-corrected chi connectivity index (χ3v) is 3.91. The summed E-state index contributed by atoms with van der Waals surface area (Å²) in [4.78, 5) is 17.0. The average molecular weight is 277 g/mol. The normalized spacial score (nSPS) is 10.9. The number of carbonyl (C=O) groups excluding carboxylic acids is 1. The molecule has 90 valence electrons. The van der Waals surface area contributed by atoms with Crippen LogP contribution in [0, 0.1) is 0 Å². The Bertz CT molecular complexity index is 717. The molecule has 3 rings (SSSR count). The van der Waals surface area contributed by atoms with Gasteiger partial charge in [-0.3, -0.25) is 9.20 Å². The van der Waals surface area contributed by atoms with Crippen LogP contribution in [0.25, 0.3) is 4.96 Å². The van der Waals surface area contributed by atoms with Gasteiger partial charge in [0.1, 0.15) is 5.69 Å². The molecule has 0 aliphatic carbocycles. The fourth-order valence-electron chi connectivity index (χ4n) is 1.87. The zero-order valence-electron chi connectivity index (χ0n) is 9.34. The highest BCUT2D eigenvalue weighted by molar-refractivity contribution is 7.17. The fourth-order valence-corrected chi connectivity index (χ4v) is 3.07. The molecule has 0 atom stereocenters. The maximum absolute atomic E-state index is 10.8. The lowest BCUT2D eigenvalue weighted by Gasteiger charge is -1.98. The third kappa shape index (κ3) is 2.05. The number of nitrogens with zero attached hydrogens (tertiary/aromatic N) is 2. The molecule has 0 N–H and O–H groups in total. The summed E-state index contributed by atoms with van der Waals surface area (Å²) in [6.07, 6.45) is 5.16. The molecule has 0 saturated heterocycles. The minimum atomic E-state index is 0.582. The van der Waals surface area contributed by atoms with Crippen LogP contribution < -0.4 is 0 Å². The van der Waals surface area contributed by atoms with Crippen molar-refractivity contribution in [1.29, 1.82) is 0 Å². The van der Waals surface area contributed by atoms with Crippen molar-refractivity contribution in [3.05, 3.63) is 57.8 Å². The largest absolute Gasteiger partial charge is 0.296 e. The smallest absolute Gasteiger partial charge is 0.194 e. The van der Waals surface area contributed by atoms with E-state index in [1.807, 2.05) is 34.9 Å². The Morgan fingerprint density at radius 2 is 2.33 bits per heavy atom. The number of imidazole rings is 1. The quantitative estimate of drug-likeness (QED) is 0.687. The lowest BCUT2D eigenvalue weighted by molar-refractivity contribution is 0.111. The standard InChI is InChI=1S/C13H9ClN2OS/c14-10-3-1-2-9(4-10)5-12-7-16-11(8-17)6-15-13(16)18-12/h1-4,6-8H,5H2. The van der Waals surface area contributed by atoms with Crippen molar-refractivity contribution >= 4 is 34.2 Å². The van der Waals surface area contributed by atoms with E-state index in [0.717, 1.165) is 33.1 Å². The topological polar surface area (TPSA) is 34.4 Å². The molecule has 0 fully saturated rings. The van der Waals surface area contributed by atoms with Crippen LogP contribution in [-0.4, -0.2) is 15.7 Å². The Hall–Kier alpha value is -1.65. The molecule has 18 heavy (non-hydrogen) atoms. The van der Waals surface area contributed by atoms with Crippen LogP contribution in [-0.2, 0) is 6.42 Å². The molecule has 2 aromatic heterocycles. The summed E-state index contributed by atoms with van der Waals surface area (Å²) in [5.74, 6) is 0. The number of hydrogen-bond acceptors (Lipinski definition) is 3. The second-order valence-corrected chi connectivity index (χ2v) is 5.49. The van der Waals surface area contributed by atoms with E-state index in [2.05, 4.69) is 4.98 Å². The van der Waals surface area contributed by atoms with Gasteiger partial charge in [-0.15, -0.1) is 11.3 Å². The van der Waals surface area contributed by atoms with Gasteiger partial charge in [0.05, 0.1) is 6.20 Å². The highest BCUT2D eigenvalue weighted by Gasteiger charge is 2.07. The zero-order valence-corrected chi connectivity index (χ0v) is 10.9. The van der Waals surface area contributed by atoms with Crippen molar-refractivity contribution in [1.82, 2.24) is 9.38 Å². The Morgan fingerprint density at radius 3 is 3.11 bits per heavy atom. The van der Waals surface area contributed by atoms with E-state index in [1.54, 1.807) is 17.5 Å². The molecule has 0 unspecified atom stereocenters. The summed E-state index contributed by atoms with van der Waals surface area (Å²) in [5.41, 5.74) is 1.73. The lowest BCUT2D eigenvalue weighted by Crippen LogP contribution is -1.87. The Kier molecular flexibility index (Phi) is 2.89. The number of aromatic nitrogens is 2. The Morgan fingerprint density at radius 1 is 1.44 bits per heavy atom. The molecular formula is C13H9ClN2OS. The SMILES string of the molecule is O=Cc1cnc2sc(Cc3cccc(Cl)c3)cn12. The zero-order chi connectivity index (χ0) is 12.5. The van der Waals surface area contributed by atoms with Crippen LogP contribution >= 0.6 is 22.9 Å². The molecule has 0 saturated carbocycles. The van der Waals surface area contributed by atoms with E-state index in [4.69, 9.17) is 11.6 Å². The van der Waals surface area contributed by atoms with Gasteiger partial charge in [0, 0.05) is 22.5 Å². The van der Waals surface area contributed by atoms with Crippen LogP contribution in [0.1, 0.15) is 20.9 Å². The van der Waals surface area contributed by atoms with Crippen LogP contribution in [0.5, 0.6) is 0 Å². The number of carbonyl (C=O) groups is 1. The number of benzene rings is 1. The van der Waals surface area contributed by atoms with Gasteiger partial charge in [-0.1, -0.05) is 23.7 Å². The molecule has 0 bridgehead atoms. The van der Waals surface area contributed by atoms with Gasteiger partial charge in [0.25, 0.3) is 0 Å². The average Bonchev–Trinajstić information content (AvgIpc) is 2.88. The number of halogens is 1. The minimum absolute atomic E-state index is 0.582. The first-order valence-corrected chi connectivity index (χ1v) is 6.61. The van der Waals surface area contributed by atoms with Crippen molar-refractivity contribution < 1.29 is 4.79 Å². The first kappa shape index (κ1) is 11.4. The predicted octanol–water partition coefficient (Wildman–Crippen LogP) is 3.45. The van der Waals surface area contributed by atoms with E-state index >= 15 is 0 Å². The molecule has 3 aromatic rings.